The highest BCUT2D eigenvalue weighted by Gasteiger charge is 2.39. The standard InChI is InChI=1S/C23H26FN7O/c1-2-16-12-26-23(27-13-16)29-9-7-19(8-10-29)31(18-4-5-18)22(32)17-3-6-21(20(24)11-17)30-15-25-14-28-30/h3,6,11-15,18-19H,2,4-5,7-10H2,1H3. The van der Waals surface area contributed by atoms with Crippen LogP contribution in [0.1, 0.15) is 48.5 Å². The van der Waals surface area contributed by atoms with Crippen molar-refractivity contribution in [1.29, 1.82) is 0 Å². The fourth-order valence-corrected chi connectivity index (χ4v) is 4.33. The van der Waals surface area contributed by atoms with Gasteiger partial charge in [0.15, 0.2) is 0 Å². The van der Waals surface area contributed by atoms with Crippen LogP contribution >= 0.6 is 0 Å². The van der Waals surface area contributed by atoms with Crippen LogP contribution in [0.25, 0.3) is 5.69 Å². The van der Waals surface area contributed by atoms with Crippen LogP contribution in [0, 0.1) is 5.82 Å². The smallest absolute Gasteiger partial charge is 0.254 e. The Labute approximate surface area is 186 Å². The maximum Gasteiger partial charge on any atom is 0.254 e. The van der Waals surface area contributed by atoms with Crippen LogP contribution in [0.4, 0.5) is 10.3 Å². The number of amides is 1. The quantitative estimate of drug-likeness (QED) is 0.592. The molecule has 5 rings (SSSR count). The summed E-state index contributed by atoms with van der Waals surface area (Å²) in [6, 6.07) is 4.96. The van der Waals surface area contributed by atoms with Crippen LogP contribution in [0.15, 0.2) is 43.2 Å². The molecule has 0 atom stereocenters. The van der Waals surface area contributed by atoms with Gasteiger partial charge in [-0.3, -0.25) is 4.79 Å². The number of hydrogen-bond acceptors (Lipinski definition) is 6. The first-order chi connectivity index (χ1) is 15.6. The molecule has 1 aliphatic heterocycles. The highest BCUT2D eigenvalue weighted by atomic mass is 19.1. The number of rotatable bonds is 6. The third-order valence-electron chi connectivity index (χ3n) is 6.28. The second kappa shape index (κ2) is 8.64. The molecule has 0 bridgehead atoms. The zero-order valence-corrected chi connectivity index (χ0v) is 18.1. The number of halogens is 1. The van der Waals surface area contributed by atoms with Gasteiger partial charge in [-0.2, -0.15) is 5.10 Å². The molecule has 9 heteroatoms. The lowest BCUT2D eigenvalue weighted by molar-refractivity contribution is 0.0630. The molecule has 1 saturated heterocycles. The Hall–Kier alpha value is -3.36. The summed E-state index contributed by atoms with van der Waals surface area (Å²) in [7, 11) is 0. The fourth-order valence-electron chi connectivity index (χ4n) is 4.33. The number of anilines is 1. The minimum absolute atomic E-state index is 0.0986. The van der Waals surface area contributed by atoms with Crippen molar-refractivity contribution in [3.05, 3.63) is 60.2 Å². The van der Waals surface area contributed by atoms with Gasteiger partial charge in [0.25, 0.3) is 5.91 Å². The van der Waals surface area contributed by atoms with E-state index in [-0.39, 0.29) is 23.7 Å². The van der Waals surface area contributed by atoms with Gasteiger partial charge in [-0.05, 0) is 55.9 Å². The second-order valence-corrected chi connectivity index (χ2v) is 8.41. The van der Waals surface area contributed by atoms with E-state index in [1.807, 2.05) is 17.3 Å². The topological polar surface area (TPSA) is 80.0 Å². The maximum absolute atomic E-state index is 14.7. The summed E-state index contributed by atoms with van der Waals surface area (Å²) in [5.41, 5.74) is 1.77. The zero-order valence-electron chi connectivity index (χ0n) is 18.1. The molecule has 1 saturated carbocycles. The molecular weight excluding hydrogens is 409 g/mol. The fraction of sp³-hybridized carbons (Fsp3) is 0.435. The highest BCUT2D eigenvalue weighted by molar-refractivity contribution is 5.95. The lowest BCUT2D eigenvalue weighted by atomic mass is 10.0. The molecule has 0 N–H and O–H groups in total. The van der Waals surface area contributed by atoms with Crippen LogP contribution in [-0.4, -0.2) is 60.7 Å². The molecule has 2 fully saturated rings. The van der Waals surface area contributed by atoms with Crippen molar-refractivity contribution in [3.63, 3.8) is 0 Å². The van der Waals surface area contributed by atoms with Crippen molar-refractivity contribution in [1.82, 2.24) is 29.6 Å². The SMILES string of the molecule is CCc1cnc(N2CCC(N(C(=O)c3ccc(-n4cncn4)c(F)c3)C3CC3)CC2)nc1. The number of carbonyl (C=O) groups excluding carboxylic acids is 1. The van der Waals surface area contributed by atoms with Crippen molar-refractivity contribution in [2.45, 2.75) is 51.1 Å². The second-order valence-electron chi connectivity index (χ2n) is 8.41. The van der Waals surface area contributed by atoms with E-state index in [0.717, 1.165) is 56.7 Å². The van der Waals surface area contributed by atoms with Gasteiger partial charge in [0, 0.05) is 43.1 Å². The van der Waals surface area contributed by atoms with Crippen molar-refractivity contribution < 1.29 is 9.18 Å². The average Bonchev–Trinajstić information content (AvgIpc) is 3.51. The molecule has 32 heavy (non-hydrogen) atoms. The molecule has 166 valence electrons. The number of carbonyl (C=O) groups is 1. The summed E-state index contributed by atoms with van der Waals surface area (Å²) in [5, 5.41) is 3.97. The number of aromatic nitrogens is 5. The Morgan fingerprint density at radius 2 is 1.84 bits per heavy atom. The maximum atomic E-state index is 14.7. The van der Waals surface area contributed by atoms with E-state index >= 15 is 0 Å². The lowest BCUT2D eigenvalue weighted by Crippen LogP contribution is -2.48. The van der Waals surface area contributed by atoms with Crippen molar-refractivity contribution in [2.75, 3.05) is 18.0 Å². The minimum Gasteiger partial charge on any atom is -0.341 e. The van der Waals surface area contributed by atoms with Gasteiger partial charge in [0.1, 0.15) is 24.2 Å². The Bertz CT molecular complexity index is 1070. The first-order valence-electron chi connectivity index (χ1n) is 11.2. The highest BCUT2D eigenvalue weighted by Crippen LogP contribution is 2.34. The summed E-state index contributed by atoms with van der Waals surface area (Å²) in [5.74, 6) is 0.161. The van der Waals surface area contributed by atoms with Gasteiger partial charge in [-0.25, -0.2) is 24.0 Å². The van der Waals surface area contributed by atoms with Gasteiger partial charge < -0.3 is 9.80 Å². The lowest BCUT2D eigenvalue weighted by Gasteiger charge is -2.39. The molecule has 0 spiro atoms. The number of piperidine rings is 1. The van der Waals surface area contributed by atoms with Crippen molar-refractivity contribution in [3.8, 4) is 5.69 Å². The summed E-state index contributed by atoms with van der Waals surface area (Å²) in [6.45, 7) is 3.68. The molecule has 8 nitrogen and oxygen atoms in total. The Morgan fingerprint density at radius 1 is 1.12 bits per heavy atom. The molecule has 1 aromatic carbocycles. The Morgan fingerprint density at radius 3 is 2.44 bits per heavy atom. The van der Waals surface area contributed by atoms with Crippen LogP contribution in [0.5, 0.6) is 0 Å². The first kappa shape index (κ1) is 20.5. The molecule has 3 aromatic rings. The number of hydrogen-bond donors (Lipinski definition) is 0. The molecule has 0 unspecified atom stereocenters. The number of aryl methyl sites for hydroxylation is 1. The molecule has 0 radical (unpaired) electrons. The predicted octanol–water partition coefficient (Wildman–Crippen LogP) is 3.03. The Balaban J connectivity index is 1.29. The van der Waals surface area contributed by atoms with Crippen LogP contribution < -0.4 is 4.90 Å². The molecular formula is C23H26FN7O. The van der Waals surface area contributed by atoms with Crippen LogP contribution in [0.2, 0.25) is 0 Å². The third kappa shape index (κ3) is 4.06. The van der Waals surface area contributed by atoms with Crippen molar-refractivity contribution >= 4 is 11.9 Å². The molecule has 2 aromatic heterocycles. The molecule has 3 heterocycles. The summed E-state index contributed by atoms with van der Waals surface area (Å²) in [4.78, 5) is 30.4. The zero-order chi connectivity index (χ0) is 22.1. The first-order valence-corrected chi connectivity index (χ1v) is 11.2. The molecule has 1 aliphatic carbocycles. The van der Waals surface area contributed by atoms with Gasteiger partial charge in [-0.15, -0.1) is 0 Å². The van der Waals surface area contributed by atoms with Crippen LogP contribution in [0.3, 0.4) is 0 Å². The Kier molecular flexibility index (Phi) is 5.55. The minimum atomic E-state index is -0.486. The third-order valence-corrected chi connectivity index (χ3v) is 6.28. The number of nitrogens with zero attached hydrogens (tertiary/aromatic N) is 7. The van der Waals surface area contributed by atoms with E-state index in [9.17, 15) is 9.18 Å². The largest absolute Gasteiger partial charge is 0.341 e. The molecule has 1 amide bonds. The van der Waals surface area contributed by atoms with E-state index in [1.165, 1.54) is 23.4 Å². The number of benzene rings is 1. The van der Waals surface area contributed by atoms with E-state index in [1.54, 1.807) is 12.1 Å². The van der Waals surface area contributed by atoms with Gasteiger partial charge in [0.05, 0.1) is 0 Å². The van der Waals surface area contributed by atoms with Gasteiger partial charge in [0.2, 0.25) is 5.95 Å². The van der Waals surface area contributed by atoms with E-state index in [2.05, 4.69) is 31.9 Å². The monoisotopic (exact) mass is 435 g/mol. The normalized spacial score (nSPS) is 16.9. The average molecular weight is 436 g/mol. The van der Waals surface area contributed by atoms with Gasteiger partial charge >= 0.3 is 0 Å². The van der Waals surface area contributed by atoms with E-state index < -0.39 is 5.82 Å². The summed E-state index contributed by atoms with van der Waals surface area (Å²) in [6.07, 6.45) is 11.2. The summed E-state index contributed by atoms with van der Waals surface area (Å²) < 4.78 is 16.1. The molecule has 2 aliphatic rings. The van der Waals surface area contributed by atoms with E-state index in [0.29, 0.717) is 5.56 Å². The van der Waals surface area contributed by atoms with Crippen LogP contribution in [-0.2, 0) is 6.42 Å². The van der Waals surface area contributed by atoms with Gasteiger partial charge in [-0.1, -0.05) is 6.92 Å². The van der Waals surface area contributed by atoms with E-state index in [4.69, 9.17) is 0 Å². The summed E-state index contributed by atoms with van der Waals surface area (Å²) >= 11 is 0. The predicted molar refractivity (Wildman–Crippen MR) is 117 cm³/mol. The van der Waals surface area contributed by atoms with Crippen molar-refractivity contribution in [2.24, 2.45) is 0 Å².